The minimum absolute atomic E-state index is 0.808. The fourth-order valence-corrected chi connectivity index (χ4v) is 2.42. The Bertz CT molecular complexity index is 801. The Morgan fingerprint density at radius 3 is 2.79 bits per heavy atom. The van der Waals surface area contributed by atoms with Crippen LogP contribution in [0, 0.1) is 0 Å². The van der Waals surface area contributed by atoms with E-state index < -0.39 is 0 Å². The standard InChI is InChI=1S/C15H12N4/c1-10-17-12-7-6-11(8-14(12)18-10)19-9-16-13-4-2-3-5-15(13)19/h2-9,17-18H,1H2. The van der Waals surface area contributed by atoms with Gasteiger partial charge in [-0.3, -0.25) is 4.57 Å². The van der Waals surface area contributed by atoms with E-state index in [1.54, 1.807) is 0 Å². The molecule has 4 rings (SSSR count). The number of hydrogen-bond donors (Lipinski definition) is 2. The molecule has 4 heteroatoms. The molecule has 92 valence electrons. The second-order valence-electron chi connectivity index (χ2n) is 4.56. The van der Waals surface area contributed by atoms with Gasteiger partial charge in [0.1, 0.15) is 12.1 Å². The minimum Gasteiger partial charge on any atom is -0.341 e. The average Bonchev–Trinajstić information content (AvgIpc) is 2.99. The highest BCUT2D eigenvalue weighted by Gasteiger charge is 2.13. The number of rotatable bonds is 1. The highest BCUT2D eigenvalue weighted by atomic mass is 15.2. The predicted octanol–water partition coefficient (Wildman–Crippen LogP) is 3.33. The Morgan fingerprint density at radius 2 is 1.84 bits per heavy atom. The Kier molecular flexibility index (Phi) is 1.94. The van der Waals surface area contributed by atoms with E-state index in [2.05, 4.69) is 45.0 Å². The second-order valence-corrected chi connectivity index (χ2v) is 4.56. The van der Waals surface area contributed by atoms with Gasteiger partial charge in [-0.05, 0) is 30.3 Å². The largest absolute Gasteiger partial charge is 0.341 e. The van der Waals surface area contributed by atoms with Gasteiger partial charge < -0.3 is 10.6 Å². The topological polar surface area (TPSA) is 41.9 Å². The van der Waals surface area contributed by atoms with Gasteiger partial charge in [0.05, 0.1) is 22.4 Å². The molecule has 0 saturated carbocycles. The fraction of sp³-hybridized carbons (Fsp3) is 0. The molecule has 0 radical (unpaired) electrons. The molecule has 2 N–H and O–H groups in total. The van der Waals surface area contributed by atoms with Crippen molar-refractivity contribution in [2.24, 2.45) is 0 Å². The summed E-state index contributed by atoms with van der Waals surface area (Å²) in [6.45, 7) is 3.87. The van der Waals surface area contributed by atoms with E-state index in [0.717, 1.165) is 33.9 Å². The number of fused-ring (bicyclic) bond motifs is 2. The van der Waals surface area contributed by atoms with E-state index in [4.69, 9.17) is 0 Å². The van der Waals surface area contributed by atoms with Crippen LogP contribution in [0.25, 0.3) is 16.7 Å². The van der Waals surface area contributed by atoms with Gasteiger partial charge in [0, 0.05) is 5.69 Å². The van der Waals surface area contributed by atoms with E-state index >= 15 is 0 Å². The van der Waals surface area contributed by atoms with Gasteiger partial charge >= 0.3 is 0 Å². The highest BCUT2D eigenvalue weighted by molar-refractivity contribution is 5.82. The first-order chi connectivity index (χ1) is 9.31. The van der Waals surface area contributed by atoms with Crippen molar-refractivity contribution in [1.29, 1.82) is 0 Å². The van der Waals surface area contributed by atoms with Crippen LogP contribution in [0.2, 0.25) is 0 Å². The smallest absolute Gasteiger partial charge is 0.100 e. The molecule has 1 aliphatic rings. The molecule has 0 saturated heterocycles. The summed E-state index contributed by atoms with van der Waals surface area (Å²) in [5, 5.41) is 6.38. The molecule has 1 aromatic heterocycles. The minimum atomic E-state index is 0.808. The maximum atomic E-state index is 4.41. The third kappa shape index (κ3) is 1.50. The van der Waals surface area contributed by atoms with Gasteiger partial charge in [-0.15, -0.1) is 0 Å². The van der Waals surface area contributed by atoms with Gasteiger partial charge in [0.25, 0.3) is 0 Å². The molecule has 4 nitrogen and oxygen atoms in total. The average molecular weight is 248 g/mol. The van der Waals surface area contributed by atoms with Crippen LogP contribution in [0.4, 0.5) is 11.4 Å². The van der Waals surface area contributed by atoms with E-state index in [0.29, 0.717) is 0 Å². The van der Waals surface area contributed by atoms with Crippen LogP contribution in [0.5, 0.6) is 0 Å². The van der Waals surface area contributed by atoms with Crippen molar-refractivity contribution in [3.8, 4) is 5.69 Å². The molecule has 0 atom stereocenters. The van der Waals surface area contributed by atoms with Crippen molar-refractivity contribution in [3.05, 3.63) is 61.2 Å². The van der Waals surface area contributed by atoms with Crippen molar-refractivity contribution in [2.75, 3.05) is 10.6 Å². The first-order valence-corrected chi connectivity index (χ1v) is 6.11. The van der Waals surface area contributed by atoms with Gasteiger partial charge in [0.15, 0.2) is 0 Å². The molecule has 19 heavy (non-hydrogen) atoms. The molecular weight excluding hydrogens is 236 g/mol. The summed E-state index contributed by atoms with van der Waals surface area (Å²) < 4.78 is 2.08. The molecule has 2 aromatic carbocycles. The first kappa shape index (κ1) is 10.2. The van der Waals surface area contributed by atoms with Gasteiger partial charge in [0.2, 0.25) is 0 Å². The monoisotopic (exact) mass is 248 g/mol. The number of hydrogen-bond acceptors (Lipinski definition) is 3. The molecule has 0 unspecified atom stereocenters. The summed E-state index contributed by atoms with van der Waals surface area (Å²) in [4.78, 5) is 4.41. The number of benzene rings is 2. The number of anilines is 2. The number of imidazole rings is 1. The van der Waals surface area contributed by atoms with E-state index in [1.807, 2.05) is 30.6 Å². The van der Waals surface area contributed by atoms with Crippen LogP contribution in [0.3, 0.4) is 0 Å². The molecule has 0 aliphatic carbocycles. The summed E-state index contributed by atoms with van der Waals surface area (Å²) >= 11 is 0. The number of para-hydroxylation sites is 2. The number of nitrogens with one attached hydrogen (secondary N) is 2. The zero-order valence-corrected chi connectivity index (χ0v) is 10.2. The lowest BCUT2D eigenvalue weighted by molar-refractivity contribution is 1.09. The molecule has 3 aromatic rings. The molecule has 1 aliphatic heterocycles. The van der Waals surface area contributed by atoms with E-state index in [-0.39, 0.29) is 0 Å². The van der Waals surface area contributed by atoms with Gasteiger partial charge in [-0.25, -0.2) is 4.98 Å². The SMILES string of the molecule is C=C1Nc2ccc(-n3cnc4ccccc43)cc2N1. The van der Waals surface area contributed by atoms with E-state index in [9.17, 15) is 0 Å². The predicted molar refractivity (Wildman–Crippen MR) is 77.5 cm³/mol. The van der Waals surface area contributed by atoms with Crippen molar-refractivity contribution < 1.29 is 0 Å². The Balaban J connectivity index is 1.89. The fourth-order valence-electron chi connectivity index (χ4n) is 2.42. The third-order valence-corrected chi connectivity index (χ3v) is 3.31. The summed E-state index contributed by atoms with van der Waals surface area (Å²) in [6, 6.07) is 14.3. The van der Waals surface area contributed by atoms with Crippen molar-refractivity contribution in [2.45, 2.75) is 0 Å². The summed E-state index contributed by atoms with van der Waals surface area (Å²) in [7, 11) is 0. The lowest BCUT2D eigenvalue weighted by Crippen LogP contribution is -1.95. The van der Waals surface area contributed by atoms with Crippen LogP contribution in [0.1, 0.15) is 0 Å². The molecule has 0 spiro atoms. The van der Waals surface area contributed by atoms with Crippen molar-refractivity contribution >= 4 is 22.4 Å². The summed E-state index contributed by atoms with van der Waals surface area (Å²) in [5.41, 5.74) is 5.28. The highest BCUT2D eigenvalue weighted by Crippen LogP contribution is 2.32. The Labute approximate surface area is 110 Å². The first-order valence-electron chi connectivity index (χ1n) is 6.11. The molecular formula is C15H12N4. The van der Waals surface area contributed by atoms with Gasteiger partial charge in [-0.2, -0.15) is 0 Å². The van der Waals surface area contributed by atoms with Crippen LogP contribution >= 0.6 is 0 Å². The Morgan fingerprint density at radius 1 is 1.00 bits per heavy atom. The zero-order chi connectivity index (χ0) is 12.8. The lowest BCUT2D eigenvalue weighted by atomic mass is 10.2. The van der Waals surface area contributed by atoms with E-state index in [1.165, 1.54) is 0 Å². The summed E-state index contributed by atoms with van der Waals surface area (Å²) in [5.74, 6) is 0.808. The third-order valence-electron chi connectivity index (χ3n) is 3.31. The second kappa shape index (κ2) is 3.62. The zero-order valence-electron chi connectivity index (χ0n) is 10.2. The molecule has 0 bridgehead atoms. The Hall–Kier alpha value is -2.75. The number of nitrogens with zero attached hydrogens (tertiary/aromatic N) is 2. The van der Waals surface area contributed by atoms with Crippen LogP contribution in [0.15, 0.2) is 61.2 Å². The normalized spacial score (nSPS) is 13.2. The van der Waals surface area contributed by atoms with Gasteiger partial charge in [-0.1, -0.05) is 18.7 Å². The number of aromatic nitrogens is 2. The molecule has 0 fully saturated rings. The van der Waals surface area contributed by atoms with Crippen molar-refractivity contribution in [3.63, 3.8) is 0 Å². The van der Waals surface area contributed by atoms with Crippen LogP contribution in [-0.4, -0.2) is 9.55 Å². The summed E-state index contributed by atoms with van der Waals surface area (Å²) in [6.07, 6.45) is 1.85. The maximum absolute atomic E-state index is 4.41. The maximum Gasteiger partial charge on any atom is 0.100 e. The van der Waals surface area contributed by atoms with Crippen LogP contribution in [-0.2, 0) is 0 Å². The quantitative estimate of drug-likeness (QED) is 0.694. The van der Waals surface area contributed by atoms with Crippen LogP contribution < -0.4 is 10.6 Å². The van der Waals surface area contributed by atoms with Crippen molar-refractivity contribution in [1.82, 2.24) is 9.55 Å². The molecule has 2 heterocycles. The molecule has 0 amide bonds. The lowest BCUT2D eigenvalue weighted by Gasteiger charge is -2.06.